The first-order chi connectivity index (χ1) is 12.8. The Labute approximate surface area is 155 Å². The lowest BCUT2D eigenvalue weighted by Gasteiger charge is -2.11. The second kappa shape index (κ2) is 7.06. The van der Waals surface area contributed by atoms with Gasteiger partial charge in [-0.1, -0.05) is 30.3 Å². The normalized spacial score (nSPS) is 10.7. The van der Waals surface area contributed by atoms with Gasteiger partial charge in [0.15, 0.2) is 5.76 Å². The molecule has 2 aromatic heterocycles. The molecule has 0 N–H and O–H groups in total. The predicted molar refractivity (Wildman–Crippen MR) is 104 cm³/mol. The summed E-state index contributed by atoms with van der Waals surface area (Å²) >= 11 is 1.60. The van der Waals surface area contributed by atoms with Gasteiger partial charge < -0.3 is 13.9 Å². The number of ether oxygens (including phenoxy) is 2. The maximum atomic E-state index is 6.19. The zero-order valence-electron chi connectivity index (χ0n) is 14.4. The smallest absolute Gasteiger partial charge is 0.227 e. The summed E-state index contributed by atoms with van der Waals surface area (Å²) in [6.07, 6.45) is 0. The Morgan fingerprint density at radius 2 is 1.58 bits per heavy atom. The van der Waals surface area contributed by atoms with Gasteiger partial charge in [-0.05, 0) is 35.7 Å². The zero-order chi connectivity index (χ0) is 17.9. The van der Waals surface area contributed by atoms with Crippen molar-refractivity contribution in [1.82, 2.24) is 4.98 Å². The highest BCUT2D eigenvalue weighted by atomic mass is 32.1. The van der Waals surface area contributed by atoms with Crippen LogP contribution in [0.1, 0.15) is 0 Å². The minimum absolute atomic E-state index is 0.567. The van der Waals surface area contributed by atoms with Crippen LogP contribution >= 0.6 is 11.3 Å². The van der Waals surface area contributed by atoms with E-state index in [-0.39, 0.29) is 0 Å². The third-order valence-corrected chi connectivity index (χ3v) is 4.93. The molecular weight excluding hydrogens is 346 g/mol. The van der Waals surface area contributed by atoms with Gasteiger partial charge in [-0.25, -0.2) is 4.98 Å². The van der Waals surface area contributed by atoms with E-state index in [0.717, 1.165) is 16.0 Å². The summed E-state index contributed by atoms with van der Waals surface area (Å²) in [6.45, 7) is 0. The molecule has 4 aromatic rings. The van der Waals surface area contributed by atoms with E-state index in [9.17, 15) is 0 Å². The number of oxazole rings is 1. The fraction of sp³-hybridized carbons (Fsp3) is 0.0952. The number of aromatic nitrogens is 1. The van der Waals surface area contributed by atoms with Gasteiger partial charge in [-0.3, -0.25) is 0 Å². The Hall–Kier alpha value is -3.05. The van der Waals surface area contributed by atoms with Crippen LogP contribution in [0.3, 0.4) is 0 Å². The second-order valence-corrected chi connectivity index (χ2v) is 6.53. The van der Waals surface area contributed by atoms with Gasteiger partial charge in [0, 0.05) is 5.56 Å². The summed E-state index contributed by atoms with van der Waals surface area (Å²) in [5.41, 5.74) is 2.41. The summed E-state index contributed by atoms with van der Waals surface area (Å²) in [4.78, 5) is 5.81. The monoisotopic (exact) mass is 363 g/mol. The first-order valence-electron chi connectivity index (χ1n) is 8.13. The van der Waals surface area contributed by atoms with Crippen molar-refractivity contribution in [3.8, 4) is 44.8 Å². The predicted octanol–water partition coefficient (Wildman–Crippen LogP) is 5.75. The topological polar surface area (TPSA) is 44.5 Å². The Balaban J connectivity index is 1.98. The standard InChI is InChI=1S/C21H17NO3S/c1-23-15-10-6-11-16(24-2)18(15)19-20(17-12-7-13-26-17)25-21(22-19)14-8-4-3-5-9-14/h3-13H,1-2H3. The number of benzene rings is 2. The molecule has 0 unspecified atom stereocenters. The van der Waals surface area contributed by atoms with E-state index in [4.69, 9.17) is 18.9 Å². The van der Waals surface area contributed by atoms with Gasteiger partial charge in [-0.2, -0.15) is 0 Å². The van der Waals surface area contributed by atoms with Gasteiger partial charge in [0.2, 0.25) is 5.89 Å². The summed E-state index contributed by atoms with van der Waals surface area (Å²) < 4.78 is 17.3. The first-order valence-corrected chi connectivity index (χ1v) is 9.01. The maximum Gasteiger partial charge on any atom is 0.227 e. The third-order valence-electron chi connectivity index (χ3n) is 4.06. The molecule has 0 saturated carbocycles. The van der Waals surface area contributed by atoms with Crippen molar-refractivity contribution in [3.63, 3.8) is 0 Å². The van der Waals surface area contributed by atoms with Crippen molar-refractivity contribution >= 4 is 11.3 Å². The lowest BCUT2D eigenvalue weighted by molar-refractivity contribution is 0.397. The van der Waals surface area contributed by atoms with Crippen molar-refractivity contribution in [2.45, 2.75) is 0 Å². The van der Waals surface area contributed by atoms with Gasteiger partial charge in [0.05, 0.1) is 24.7 Å². The van der Waals surface area contributed by atoms with Gasteiger partial charge in [0.25, 0.3) is 0 Å². The highest BCUT2D eigenvalue weighted by Crippen LogP contribution is 2.45. The first kappa shape index (κ1) is 16.4. The molecule has 0 saturated heterocycles. The van der Waals surface area contributed by atoms with Gasteiger partial charge in [0.1, 0.15) is 17.2 Å². The SMILES string of the molecule is COc1cccc(OC)c1-c1nc(-c2ccccc2)oc1-c1cccs1. The van der Waals surface area contributed by atoms with Crippen molar-refractivity contribution in [3.05, 3.63) is 66.0 Å². The quantitative estimate of drug-likeness (QED) is 0.452. The summed E-state index contributed by atoms with van der Waals surface area (Å²) in [6, 6.07) is 19.6. The number of hydrogen-bond acceptors (Lipinski definition) is 5. The number of hydrogen-bond donors (Lipinski definition) is 0. The molecule has 0 amide bonds. The molecule has 2 heterocycles. The van der Waals surface area contributed by atoms with E-state index in [2.05, 4.69) is 0 Å². The molecule has 0 radical (unpaired) electrons. The van der Waals surface area contributed by atoms with E-state index < -0.39 is 0 Å². The van der Waals surface area contributed by atoms with Crippen LogP contribution in [-0.2, 0) is 0 Å². The molecule has 26 heavy (non-hydrogen) atoms. The van der Waals surface area contributed by atoms with Crippen LogP contribution in [0.15, 0.2) is 70.5 Å². The lowest BCUT2D eigenvalue weighted by Crippen LogP contribution is -1.94. The van der Waals surface area contributed by atoms with Crippen LogP contribution in [0.25, 0.3) is 33.3 Å². The number of rotatable bonds is 5. The molecule has 0 bridgehead atoms. The Morgan fingerprint density at radius 1 is 0.846 bits per heavy atom. The summed E-state index contributed by atoms with van der Waals surface area (Å²) in [7, 11) is 3.28. The van der Waals surface area contributed by atoms with E-state index >= 15 is 0 Å². The number of nitrogens with zero attached hydrogens (tertiary/aromatic N) is 1. The van der Waals surface area contributed by atoms with Crippen LogP contribution in [0.5, 0.6) is 11.5 Å². The fourth-order valence-electron chi connectivity index (χ4n) is 2.85. The Bertz CT molecular complexity index is 985. The van der Waals surface area contributed by atoms with Gasteiger partial charge >= 0.3 is 0 Å². The molecule has 130 valence electrons. The Morgan fingerprint density at radius 3 is 2.19 bits per heavy atom. The van der Waals surface area contributed by atoms with Crippen LogP contribution in [0.4, 0.5) is 0 Å². The highest BCUT2D eigenvalue weighted by Gasteiger charge is 2.24. The average Bonchev–Trinajstić information content (AvgIpc) is 3.37. The minimum Gasteiger partial charge on any atom is -0.496 e. The van der Waals surface area contributed by atoms with E-state index in [1.807, 2.05) is 66.0 Å². The molecular formula is C21H17NO3S. The molecule has 4 nitrogen and oxygen atoms in total. The van der Waals surface area contributed by atoms with E-state index in [1.54, 1.807) is 25.6 Å². The number of thiophene rings is 1. The number of methoxy groups -OCH3 is 2. The average molecular weight is 363 g/mol. The molecule has 0 aliphatic rings. The molecule has 0 aliphatic carbocycles. The van der Waals surface area contributed by atoms with Crippen molar-refractivity contribution in [1.29, 1.82) is 0 Å². The van der Waals surface area contributed by atoms with Gasteiger partial charge in [-0.15, -0.1) is 11.3 Å². The second-order valence-electron chi connectivity index (χ2n) is 5.58. The van der Waals surface area contributed by atoms with Crippen molar-refractivity contribution < 1.29 is 13.9 Å². The highest BCUT2D eigenvalue weighted by molar-refractivity contribution is 7.13. The van der Waals surface area contributed by atoms with Crippen molar-refractivity contribution in [2.75, 3.05) is 14.2 Å². The van der Waals surface area contributed by atoms with Crippen LogP contribution in [0.2, 0.25) is 0 Å². The summed E-state index contributed by atoms with van der Waals surface area (Å²) in [5.74, 6) is 2.66. The van der Waals surface area contributed by atoms with Crippen LogP contribution in [0, 0.1) is 0 Å². The van der Waals surface area contributed by atoms with Crippen molar-refractivity contribution in [2.24, 2.45) is 0 Å². The largest absolute Gasteiger partial charge is 0.496 e. The molecule has 0 spiro atoms. The molecule has 5 heteroatoms. The lowest BCUT2D eigenvalue weighted by atomic mass is 10.1. The van der Waals surface area contributed by atoms with E-state index in [0.29, 0.717) is 28.8 Å². The molecule has 0 atom stereocenters. The van der Waals surface area contributed by atoms with Crippen LogP contribution in [-0.4, -0.2) is 19.2 Å². The minimum atomic E-state index is 0.567. The molecule has 0 fully saturated rings. The van der Waals surface area contributed by atoms with Crippen LogP contribution < -0.4 is 9.47 Å². The Kier molecular flexibility index (Phi) is 4.46. The molecule has 0 aliphatic heterocycles. The summed E-state index contributed by atoms with van der Waals surface area (Å²) in [5, 5.41) is 2.02. The third kappa shape index (κ3) is 2.86. The zero-order valence-corrected chi connectivity index (χ0v) is 15.2. The molecule has 2 aromatic carbocycles. The van der Waals surface area contributed by atoms with E-state index in [1.165, 1.54) is 0 Å². The molecule has 4 rings (SSSR count). The maximum absolute atomic E-state index is 6.19. The fourth-order valence-corrected chi connectivity index (χ4v) is 3.56.